The Morgan fingerprint density at radius 2 is 2.16 bits per heavy atom. The number of ether oxygens (including phenoxy) is 1. The molecule has 0 aromatic carbocycles. The zero-order chi connectivity index (χ0) is 13.5. The van der Waals surface area contributed by atoms with E-state index in [1.54, 1.807) is 11.3 Å². The fourth-order valence-electron chi connectivity index (χ4n) is 2.16. The molecule has 0 amide bonds. The first-order valence-electron chi connectivity index (χ1n) is 6.65. The first-order valence-corrected chi connectivity index (χ1v) is 8.32. The Balaban J connectivity index is 1.80. The van der Waals surface area contributed by atoms with Crippen LogP contribution in [0.2, 0.25) is 0 Å². The second-order valence-corrected chi connectivity index (χ2v) is 6.50. The van der Waals surface area contributed by atoms with Crippen LogP contribution in [0, 0.1) is 0 Å². The van der Waals surface area contributed by atoms with E-state index in [9.17, 15) is 5.11 Å². The maximum absolute atomic E-state index is 9.19. The van der Waals surface area contributed by atoms with Crippen LogP contribution >= 0.6 is 27.3 Å². The Labute approximate surface area is 127 Å². The highest BCUT2D eigenvalue weighted by atomic mass is 79.9. The molecular formula is C13H21BrN2O2S. The number of morpholine rings is 1. The summed E-state index contributed by atoms with van der Waals surface area (Å²) in [5.41, 5.74) is 0. The quantitative estimate of drug-likeness (QED) is 0.812. The van der Waals surface area contributed by atoms with Gasteiger partial charge in [-0.2, -0.15) is 0 Å². The Hall–Kier alpha value is 0.0200. The second-order valence-electron chi connectivity index (χ2n) is 4.65. The number of rotatable bonds is 7. The van der Waals surface area contributed by atoms with Crippen molar-refractivity contribution in [3.63, 3.8) is 0 Å². The van der Waals surface area contributed by atoms with Crippen molar-refractivity contribution in [2.75, 3.05) is 52.5 Å². The summed E-state index contributed by atoms with van der Waals surface area (Å²) < 4.78 is 6.53. The van der Waals surface area contributed by atoms with Crippen molar-refractivity contribution in [1.29, 1.82) is 0 Å². The molecule has 1 N–H and O–H groups in total. The van der Waals surface area contributed by atoms with E-state index in [4.69, 9.17) is 4.74 Å². The van der Waals surface area contributed by atoms with Gasteiger partial charge in [0, 0.05) is 48.6 Å². The van der Waals surface area contributed by atoms with Crippen LogP contribution in [0.3, 0.4) is 0 Å². The fourth-order valence-corrected chi connectivity index (χ4v) is 3.68. The van der Waals surface area contributed by atoms with Gasteiger partial charge in [-0.3, -0.25) is 9.80 Å². The van der Waals surface area contributed by atoms with Crippen LogP contribution in [-0.2, 0) is 11.3 Å². The summed E-state index contributed by atoms with van der Waals surface area (Å²) in [6.07, 6.45) is 0. The third kappa shape index (κ3) is 5.13. The maximum atomic E-state index is 9.19. The normalized spacial score (nSPS) is 17.2. The van der Waals surface area contributed by atoms with Gasteiger partial charge >= 0.3 is 0 Å². The van der Waals surface area contributed by atoms with Gasteiger partial charge in [-0.25, -0.2) is 0 Å². The summed E-state index contributed by atoms with van der Waals surface area (Å²) in [5, 5.41) is 11.3. The standard InChI is InChI=1S/C13H21BrN2O2S/c14-12-1-10-19-13(12)11-16(4-7-17)3-2-15-5-8-18-9-6-15/h1,10,17H,2-9,11H2. The van der Waals surface area contributed by atoms with E-state index in [-0.39, 0.29) is 6.61 Å². The van der Waals surface area contributed by atoms with Gasteiger partial charge in [0.05, 0.1) is 19.8 Å². The van der Waals surface area contributed by atoms with Crippen LogP contribution in [0.15, 0.2) is 15.9 Å². The lowest BCUT2D eigenvalue weighted by atomic mass is 10.3. The minimum Gasteiger partial charge on any atom is -0.395 e. The van der Waals surface area contributed by atoms with E-state index < -0.39 is 0 Å². The molecule has 6 heteroatoms. The summed E-state index contributed by atoms with van der Waals surface area (Å²) in [6.45, 7) is 7.62. The SMILES string of the molecule is OCCN(CCN1CCOCC1)Cc1sccc1Br. The van der Waals surface area contributed by atoms with Crippen molar-refractivity contribution in [3.8, 4) is 0 Å². The molecule has 0 aliphatic carbocycles. The third-order valence-corrected chi connectivity index (χ3v) is 5.22. The molecule has 0 saturated carbocycles. The van der Waals surface area contributed by atoms with Gasteiger partial charge in [0.1, 0.15) is 0 Å². The lowest BCUT2D eigenvalue weighted by Crippen LogP contribution is -2.41. The van der Waals surface area contributed by atoms with E-state index in [1.165, 1.54) is 9.35 Å². The summed E-state index contributed by atoms with van der Waals surface area (Å²) >= 11 is 5.33. The molecule has 108 valence electrons. The van der Waals surface area contributed by atoms with E-state index >= 15 is 0 Å². The molecule has 0 spiro atoms. The van der Waals surface area contributed by atoms with Gasteiger partial charge in [-0.1, -0.05) is 0 Å². The Bertz CT molecular complexity index is 369. The van der Waals surface area contributed by atoms with Gasteiger partial charge in [0.25, 0.3) is 0 Å². The minimum atomic E-state index is 0.214. The molecule has 2 heterocycles. The number of hydrogen-bond donors (Lipinski definition) is 1. The van der Waals surface area contributed by atoms with E-state index in [1.807, 2.05) is 0 Å². The summed E-state index contributed by atoms with van der Waals surface area (Å²) in [5.74, 6) is 0. The average Bonchev–Trinajstić information content (AvgIpc) is 2.83. The lowest BCUT2D eigenvalue weighted by Gasteiger charge is -2.29. The van der Waals surface area contributed by atoms with Crippen LogP contribution in [0.4, 0.5) is 0 Å². The highest BCUT2D eigenvalue weighted by molar-refractivity contribution is 9.10. The van der Waals surface area contributed by atoms with E-state index in [0.29, 0.717) is 0 Å². The van der Waals surface area contributed by atoms with Crippen LogP contribution in [-0.4, -0.2) is 67.5 Å². The first kappa shape index (κ1) is 15.4. The minimum absolute atomic E-state index is 0.214. The number of aliphatic hydroxyl groups is 1. The zero-order valence-electron chi connectivity index (χ0n) is 11.1. The smallest absolute Gasteiger partial charge is 0.0594 e. The van der Waals surface area contributed by atoms with Crippen molar-refractivity contribution in [1.82, 2.24) is 9.80 Å². The summed E-state index contributed by atoms with van der Waals surface area (Å²) in [7, 11) is 0. The third-order valence-electron chi connectivity index (χ3n) is 3.31. The Kier molecular flexibility index (Phi) is 6.76. The molecule has 1 aromatic heterocycles. The van der Waals surface area contributed by atoms with Crippen LogP contribution < -0.4 is 0 Å². The molecule has 0 unspecified atom stereocenters. The number of halogens is 1. The number of thiophene rings is 1. The molecule has 4 nitrogen and oxygen atoms in total. The van der Waals surface area contributed by atoms with Crippen molar-refractivity contribution >= 4 is 27.3 Å². The Morgan fingerprint density at radius 1 is 1.37 bits per heavy atom. The molecule has 0 radical (unpaired) electrons. The Morgan fingerprint density at radius 3 is 2.79 bits per heavy atom. The molecule has 1 fully saturated rings. The van der Waals surface area contributed by atoms with Gasteiger partial charge in [-0.15, -0.1) is 11.3 Å². The molecule has 0 atom stereocenters. The van der Waals surface area contributed by atoms with E-state index in [2.05, 4.69) is 37.2 Å². The largest absolute Gasteiger partial charge is 0.395 e. The molecule has 19 heavy (non-hydrogen) atoms. The summed E-state index contributed by atoms with van der Waals surface area (Å²) in [4.78, 5) is 6.07. The van der Waals surface area contributed by atoms with Gasteiger partial charge in [-0.05, 0) is 27.4 Å². The topological polar surface area (TPSA) is 35.9 Å². The van der Waals surface area contributed by atoms with E-state index in [0.717, 1.165) is 52.5 Å². The van der Waals surface area contributed by atoms with Gasteiger partial charge in [0.15, 0.2) is 0 Å². The molecule has 1 saturated heterocycles. The molecule has 2 rings (SSSR count). The number of aliphatic hydroxyl groups excluding tert-OH is 1. The average molecular weight is 349 g/mol. The highest BCUT2D eigenvalue weighted by Crippen LogP contribution is 2.24. The number of nitrogens with zero attached hydrogens (tertiary/aromatic N) is 2. The fraction of sp³-hybridized carbons (Fsp3) is 0.692. The lowest BCUT2D eigenvalue weighted by molar-refractivity contribution is 0.0321. The van der Waals surface area contributed by atoms with Crippen LogP contribution in [0.25, 0.3) is 0 Å². The molecule has 1 aliphatic heterocycles. The van der Waals surface area contributed by atoms with Gasteiger partial charge < -0.3 is 9.84 Å². The molecule has 0 bridgehead atoms. The molecular weight excluding hydrogens is 328 g/mol. The highest BCUT2D eigenvalue weighted by Gasteiger charge is 2.13. The van der Waals surface area contributed by atoms with Gasteiger partial charge in [0.2, 0.25) is 0 Å². The predicted molar refractivity (Wildman–Crippen MR) is 81.6 cm³/mol. The monoisotopic (exact) mass is 348 g/mol. The van der Waals surface area contributed by atoms with Crippen molar-refractivity contribution in [3.05, 3.63) is 20.8 Å². The summed E-state index contributed by atoms with van der Waals surface area (Å²) in [6, 6.07) is 2.08. The second kappa shape index (κ2) is 8.34. The molecule has 1 aromatic rings. The van der Waals surface area contributed by atoms with Crippen molar-refractivity contribution < 1.29 is 9.84 Å². The van der Waals surface area contributed by atoms with Crippen molar-refractivity contribution in [2.45, 2.75) is 6.54 Å². The molecule has 1 aliphatic rings. The number of hydrogen-bond acceptors (Lipinski definition) is 5. The zero-order valence-corrected chi connectivity index (χ0v) is 13.5. The van der Waals surface area contributed by atoms with Crippen molar-refractivity contribution in [2.24, 2.45) is 0 Å². The first-order chi connectivity index (χ1) is 9.29. The van der Waals surface area contributed by atoms with Crippen LogP contribution in [0.1, 0.15) is 4.88 Å². The predicted octanol–water partition coefficient (Wildman–Crippen LogP) is 1.64. The van der Waals surface area contributed by atoms with Crippen LogP contribution in [0.5, 0.6) is 0 Å². The maximum Gasteiger partial charge on any atom is 0.0594 e.